The molecule has 1 aliphatic rings. The van der Waals surface area contributed by atoms with Crippen molar-refractivity contribution in [2.45, 2.75) is 109 Å². The summed E-state index contributed by atoms with van der Waals surface area (Å²) in [6, 6.07) is 17.4. The van der Waals surface area contributed by atoms with Gasteiger partial charge in [0, 0.05) is 38.6 Å². The maximum absolute atomic E-state index is 13.3. The quantitative estimate of drug-likeness (QED) is 0.0441. The zero-order valence-corrected chi connectivity index (χ0v) is 32.3. The average Bonchev–Trinajstić information content (AvgIpc) is 3.16. The van der Waals surface area contributed by atoms with E-state index in [0.29, 0.717) is 18.6 Å². The molecule has 2 aromatic rings. The summed E-state index contributed by atoms with van der Waals surface area (Å²) in [6.45, 7) is 9.79. The lowest BCUT2D eigenvalue weighted by atomic mass is 9.74. The minimum Gasteiger partial charge on any atom is -0.497 e. The van der Waals surface area contributed by atoms with Gasteiger partial charge in [0.25, 0.3) is 0 Å². The van der Waals surface area contributed by atoms with Gasteiger partial charge in [0.05, 0.1) is 45.7 Å². The molecule has 0 saturated carbocycles. The predicted molar refractivity (Wildman–Crippen MR) is 201 cm³/mol. The van der Waals surface area contributed by atoms with Crippen molar-refractivity contribution < 1.29 is 52.6 Å². The summed E-state index contributed by atoms with van der Waals surface area (Å²) in [5.41, 5.74) is 1.06. The predicted octanol–water partition coefficient (Wildman–Crippen LogP) is 7.01. The van der Waals surface area contributed by atoms with Crippen molar-refractivity contribution in [1.29, 1.82) is 0 Å². The first-order valence-corrected chi connectivity index (χ1v) is 18.0. The molecule has 53 heavy (non-hydrogen) atoms. The van der Waals surface area contributed by atoms with Crippen LogP contribution in [0.5, 0.6) is 5.75 Å². The lowest BCUT2D eigenvalue weighted by molar-refractivity contribution is -0.328. The van der Waals surface area contributed by atoms with E-state index in [1.165, 1.54) is 27.4 Å². The van der Waals surface area contributed by atoms with E-state index in [9.17, 15) is 14.7 Å². The molecule has 1 saturated heterocycles. The second kappa shape index (κ2) is 21.8. The number of unbranched alkanes of at least 4 members (excludes halogenated alkanes) is 2. The van der Waals surface area contributed by atoms with Gasteiger partial charge in [-0.15, -0.1) is 6.58 Å². The van der Waals surface area contributed by atoms with Crippen molar-refractivity contribution in [2.24, 2.45) is 5.41 Å². The van der Waals surface area contributed by atoms with Crippen LogP contribution in [0.4, 0.5) is 0 Å². The molecule has 0 spiro atoms. The third-order valence-electron chi connectivity index (χ3n) is 9.35. The number of methoxy groups -OCH3 is 4. The van der Waals surface area contributed by atoms with Gasteiger partial charge in [0.2, 0.25) is 5.79 Å². The van der Waals surface area contributed by atoms with Crippen molar-refractivity contribution in [3.05, 3.63) is 102 Å². The number of carbonyl (C=O) groups is 2. The molecule has 1 fully saturated rings. The van der Waals surface area contributed by atoms with Gasteiger partial charge in [-0.1, -0.05) is 68.5 Å². The smallest absolute Gasteiger partial charge is 0.330 e. The standard InChI is InChI=1S/C42H58O11/c1-9-10-11-15-18-37(43)52-40-33(26-38(44)47-6)25-35(53-42(40,45)41(3,4)24-23-39(48-7)49-8)27-36(30(2)50-28-31-16-13-12-14-17-31)51-29-32-19-21-34(46-5)22-20-32/h9,12-14,16-17,19-24,26,30,35-36,39-40,45H,1,10-11,15,18,25,27-29H2,2-8H3/b24-23+,33-26+/t30-,35-,36-,40-,42+/m0/s1. The number of carbonyl (C=O) groups excluding carboxylic acids is 2. The van der Waals surface area contributed by atoms with Crippen molar-refractivity contribution in [3.63, 3.8) is 0 Å². The Balaban J connectivity index is 2.01. The lowest BCUT2D eigenvalue weighted by Gasteiger charge is -2.51. The molecule has 0 amide bonds. The largest absolute Gasteiger partial charge is 0.497 e. The van der Waals surface area contributed by atoms with Gasteiger partial charge in [-0.2, -0.15) is 0 Å². The zero-order chi connectivity index (χ0) is 38.9. The van der Waals surface area contributed by atoms with Crippen LogP contribution in [-0.4, -0.2) is 82.0 Å². The van der Waals surface area contributed by atoms with Crippen LogP contribution in [0.25, 0.3) is 0 Å². The highest BCUT2D eigenvalue weighted by Gasteiger charge is 2.57. The van der Waals surface area contributed by atoms with Gasteiger partial charge in [0.1, 0.15) is 5.75 Å². The maximum Gasteiger partial charge on any atom is 0.330 e. The van der Waals surface area contributed by atoms with Crippen LogP contribution in [0.2, 0.25) is 0 Å². The monoisotopic (exact) mass is 738 g/mol. The van der Waals surface area contributed by atoms with E-state index in [0.717, 1.165) is 29.7 Å². The van der Waals surface area contributed by atoms with Crippen LogP contribution in [-0.2, 0) is 56.0 Å². The Labute approximate surface area is 314 Å². The lowest BCUT2D eigenvalue weighted by Crippen LogP contribution is -2.62. The second-order valence-corrected chi connectivity index (χ2v) is 13.6. The summed E-state index contributed by atoms with van der Waals surface area (Å²) in [7, 11) is 5.87. The first-order valence-electron chi connectivity index (χ1n) is 18.0. The Hall–Kier alpha value is -3.84. The van der Waals surface area contributed by atoms with Crippen LogP contribution in [0, 0.1) is 5.41 Å². The van der Waals surface area contributed by atoms with Gasteiger partial charge < -0.3 is 43.0 Å². The van der Waals surface area contributed by atoms with E-state index in [-0.39, 0.29) is 25.9 Å². The van der Waals surface area contributed by atoms with Gasteiger partial charge in [-0.3, -0.25) is 4.79 Å². The Morgan fingerprint density at radius 2 is 1.64 bits per heavy atom. The van der Waals surface area contributed by atoms with E-state index in [4.69, 9.17) is 37.9 Å². The molecular weight excluding hydrogens is 680 g/mol. The van der Waals surface area contributed by atoms with Gasteiger partial charge in [0.15, 0.2) is 12.4 Å². The molecule has 2 aromatic carbocycles. The number of hydrogen-bond acceptors (Lipinski definition) is 11. The van der Waals surface area contributed by atoms with Crippen LogP contribution in [0.15, 0.2) is 91.1 Å². The Kier molecular flexibility index (Phi) is 17.9. The highest BCUT2D eigenvalue weighted by molar-refractivity contribution is 5.83. The molecule has 3 rings (SSSR count). The minimum absolute atomic E-state index is 0.110. The summed E-state index contributed by atoms with van der Waals surface area (Å²) < 4.78 is 46.6. The van der Waals surface area contributed by atoms with Crippen molar-refractivity contribution in [1.82, 2.24) is 0 Å². The van der Waals surface area contributed by atoms with Crippen molar-refractivity contribution in [3.8, 4) is 5.75 Å². The number of esters is 2. The number of allylic oxidation sites excluding steroid dienone is 1. The number of hydrogen-bond donors (Lipinski definition) is 1. The Morgan fingerprint density at radius 1 is 0.981 bits per heavy atom. The Bertz CT molecular complexity index is 1470. The summed E-state index contributed by atoms with van der Waals surface area (Å²) >= 11 is 0. The summed E-state index contributed by atoms with van der Waals surface area (Å²) in [6.07, 6.45) is 5.26. The van der Waals surface area contributed by atoms with Gasteiger partial charge in [-0.05, 0) is 67.5 Å². The second-order valence-electron chi connectivity index (χ2n) is 13.6. The first-order chi connectivity index (χ1) is 25.4. The third-order valence-corrected chi connectivity index (χ3v) is 9.35. The van der Waals surface area contributed by atoms with E-state index in [1.54, 1.807) is 39.2 Å². The molecule has 5 atom stereocenters. The molecule has 1 N–H and O–H groups in total. The molecule has 292 valence electrons. The normalized spacial score (nSPS) is 21.0. The highest BCUT2D eigenvalue weighted by atomic mass is 16.7. The fraction of sp³-hybridized carbons (Fsp3) is 0.524. The van der Waals surface area contributed by atoms with Crippen molar-refractivity contribution in [2.75, 3.05) is 28.4 Å². The van der Waals surface area contributed by atoms with Crippen LogP contribution < -0.4 is 4.74 Å². The number of ether oxygens (including phenoxy) is 8. The summed E-state index contributed by atoms with van der Waals surface area (Å²) in [4.78, 5) is 26.1. The van der Waals surface area contributed by atoms with Crippen LogP contribution in [0.3, 0.4) is 0 Å². The van der Waals surface area contributed by atoms with E-state index in [2.05, 4.69) is 6.58 Å². The summed E-state index contributed by atoms with van der Waals surface area (Å²) in [5, 5.41) is 12.7. The van der Waals surface area contributed by atoms with Crippen LogP contribution in [0.1, 0.15) is 70.4 Å². The molecular formula is C42H58O11. The fourth-order valence-electron chi connectivity index (χ4n) is 6.03. The molecule has 0 bridgehead atoms. The average molecular weight is 739 g/mol. The molecule has 0 radical (unpaired) electrons. The number of rotatable bonds is 22. The molecule has 1 aliphatic heterocycles. The third kappa shape index (κ3) is 13.2. The highest BCUT2D eigenvalue weighted by Crippen LogP contribution is 2.47. The first kappa shape index (κ1) is 43.6. The maximum atomic E-state index is 13.3. The van der Waals surface area contributed by atoms with Gasteiger partial charge >= 0.3 is 11.9 Å². The van der Waals surface area contributed by atoms with E-state index >= 15 is 0 Å². The van der Waals surface area contributed by atoms with E-state index < -0.39 is 53.8 Å². The van der Waals surface area contributed by atoms with E-state index in [1.807, 2.05) is 61.5 Å². The number of benzene rings is 2. The molecule has 11 heteroatoms. The molecule has 11 nitrogen and oxygen atoms in total. The molecule has 0 unspecified atom stereocenters. The fourth-order valence-corrected chi connectivity index (χ4v) is 6.03. The number of aliphatic hydroxyl groups is 1. The molecule has 1 heterocycles. The van der Waals surface area contributed by atoms with Crippen molar-refractivity contribution >= 4 is 11.9 Å². The zero-order valence-electron chi connectivity index (χ0n) is 32.3. The Morgan fingerprint density at radius 3 is 2.26 bits per heavy atom. The SMILES string of the molecule is C=CCCCCC(=O)O[C@H]1/C(=C/C(=O)OC)C[C@@H](C[C@H](OCc2ccc(OC)cc2)[C@H](C)OCc2ccccc2)O[C@@]1(O)C(C)(C)/C=C/C(OC)OC. The van der Waals surface area contributed by atoms with Crippen LogP contribution >= 0.6 is 0 Å². The summed E-state index contributed by atoms with van der Waals surface area (Å²) in [5.74, 6) is -2.63. The van der Waals surface area contributed by atoms with Gasteiger partial charge in [-0.25, -0.2) is 4.79 Å². The minimum atomic E-state index is -2.16. The topological polar surface area (TPSA) is 128 Å². The molecule has 0 aromatic heterocycles. The molecule has 0 aliphatic carbocycles.